The summed E-state index contributed by atoms with van der Waals surface area (Å²) in [4.78, 5) is 9.66. The van der Waals surface area contributed by atoms with Crippen LogP contribution in [0.3, 0.4) is 0 Å². The zero-order valence-corrected chi connectivity index (χ0v) is 33.8. The number of benzene rings is 4. The number of allylic oxidation sites excluding steroid dienone is 11. The Morgan fingerprint density at radius 3 is 2.25 bits per heavy atom. The van der Waals surface area contributed by atoms with Crippen molar-refractivity contribution in [3.05, 3.63) is 195 Å². The number of hydrogen-bond donors (Lipinski definition) is 0. The van der Waals surface area contributed by atoms with Gasteiger partial charge in [-0.1, -0.05) is 149 Å². The summed E-state index contributed by atoms with van der Waals surface area (Å²) >= 11 is 0. The SMILES string of the molecule is C=C(/C=C\c1ccccc1C)c1cc(C2=CC=C(/C(=C/C(C)=N/C3N=CC=CC3C)c3ccccc3C)CC2)cc(/C(C)=C/C=c2/ccccc2=C)c1.CC. The number of dihydropyridines is 1. The van der Waals surface area contributed by atoms with Crippen LogP contribution in [0, 0.1) is 19.8 Å². The fourth-order valence-electron chi connectivity index (χ4n) is 6.82. The van der Waals surface area contributed by atoms with Crippen molar-refractivity contribution in [1.29, 1.82) is 0 Å². The highest BCUT2D eigenvalue weighted by molar-refractivity contribution is 6.03. The average molecular weight is 721 g/mol. The van der Waals surface area contributed by atoms with E-state index in [-0.39, 0.29) is 12.1 Å². The van der Waals surface area contributed by atoms with E-state index < -0.39 is 0 Å². The van der Waals surface area contributed by atoms with Crippen LogP contribution in [0.5, 0.6) is 0 Å². The van der Waals surface area contributed by atoms with Gasteiger partial charge in [-0.15, -0.1) is 0 Å². The molecule has 6 rings (SSSR count). The zero-order chi connectivity index (χ0) is 39.3. The highest BCUT2D eigenvalue weighted by Crippen LogP contribution is 2.37. The van der Waals surface area contributed by atoms with Gasteiger partial charge in [-0.2, -0.15) is 0 Å². The smallest absolute Gasteiger partial charge is 0.145 e. The molecule has 2 atom stereocenters. The lowest BCUT2D eigenvalue weighted by Crippen LogP contribution is -2.21. The van der Waals surface area contributed by atoms with Gasteiger partial charge in [0.25, 0.3) is 0 Å². The van der Waals surface area contributed by atoms with Crippen molar-refractivity contribution in [3.8, 4) is 0 Å². The van der Waals surface area contributed by atoms with Crippen LogP contribution in [0.25, 0.3) is 41.0 Å². The predicted molar refractivity (Wildman–Crippen MR) is 245 cm³/mol. The topological polar surface area (TPSA) is 24.7 Å². The first-order valence-electron chi connectivity index (χ1n) is 19.6. The van der Waals surface area contributed by atoms with Crippen molar-refractivity contribution in [2.24, 2.45) is 15.9 Å². The minimum atomic E-state index is -0.0903. The van der Waals surface area contributed by atoms with Gasteiger partial charge in [-0.05, 0) is 148 Å². The van der Waals surface area contributed by atoms with E-state index in [4.69, 9.17) is 4.99 Å². The predicted octanol–water partition coefficient (Wildman–Crippen LogP) is 12.6. The first kappa shape index (κ1) is 40.3. The summed E-state index contributed by atoms with van der Waals surface area (Å²) in [5, 5.41) is 2.14. The monoisotopic (exact) mass is 720 g/mol. The fourth-order valence-corrected chi connectivity index (χ4v) is 6.82. The van der Waals surface area contributed by atoms with E-state index in [0.29, 0.717) is 0 Å². The van der Waals surface area contributed by atoms with Crippen molar-refractivity contribution in [3.63, 3.8) is 0 Å². The maximum absolute atomic E-state index is 5.02. The van der Waals surface area contributed by atoms with Crippen LogP contribution in [0.1, 0.15) is 86.4 Å². The quantitative estimate of drug-likeness (QED) is 0.115. The fraction of sp³-hybridized carbons (Fsp3) is 0.208. The summed E-state index contributed by atoms with van der Waals surface area (Å²) in [6.07, 6.45) is 23.4. The van der Waals surface area contributed by atoms with Crippen LogP contribution >= 0.6 is 0 Å². The van der Waals surface area contributed by atoms with Crippen LogP contribution < -0.4 is 10.4 Å². The van der Waals surface area contributed by atoms with Gasteiger partial charge in [0.05, 0.1) is 0 Å². The van der Waals surface area contributed by atoms with E-state index >= 15 is 0 Å². The maximum Gasteiger partial charge on any atom is 0.145 e. The van der Waals surface area contributed by atoms with E-state index in [1.807, 2.05) is 38.3 Å². The highest BCUT2D eigenvalue weighted by atomic mass is 15.0. The third kappa shape index (κ3) is 10.6. The molecule has 2 heteroatoms. The highest BCUT2D eigenvalue weighted by Gasteiger charge is 2.18. The Balaban J connectivity index is 0.00000285. The van der Waals surface area contributed by atoms with Crippen molar-refractivity contribution in [2.45, 2.75) is 67.5 Å². The third-order valence-electron chi connectivity index (χ3n) is 10.2. The van der Waals surface area contributed by atoms with E-state index in [9.17, 15) is 0 Å². The Morgan fingerprint density at radius 2 is 1.55 bits per heavy atom. The standard InChI is InChI=1S/C51H50N2.C2H6/c1-35-15-8-11-19-42(35)24-22-37(3)46-32-47(38(4)23-25-43-20-12-9-16-36(43)2)34-48(33-46)44-26-28-45(29-27-44)50(49-21-13-10-17-39(49)5)31-41(7)53-51-40(6)18-14-30-52-51;1-2/h8-26,28,30-34,40,51H,1,4,27,29H2,2-3,5-7H3;1-2H3/b25-23-,37-22+,42-24-,50-31-,53-41+;. The number of nitrogens with zero attached hydrogens (tertiary/aromatic N) is 2. The molecule has 1 aliphatic heterocycles. The summed E-state index contributed by atoms with van der Waals surface area (Å²) in [5.74, 6) is 0.273. The van der Waals surface area contributed by atoms with E-state index in [2.05, 4.69) is 180 Å². The number of rotatable bonds is 10. The van der Waals surface area contributed by atoms with Gasteiger partial charge in [0.15, 0.2) is 0 Å². The van der Waals surface area contributed by atoms with Crippen molar-refractivity contribution in [1.82, 2.24) is 0 Å². The molecule has 0 spiro atoms. The van der Waals surface area contributed by atoms with Gasteiger partial charge in [0, 0.05) is 17.8 Å². The Kier molecular flexibility index (Phi) is 14.3. The lowest BCUT2D eigenvalue weighted by Gasteiger charge is -2.21. The van der Waals surface area contributed by atoms with E-state index in [1.165, 1.54) is 55.7 Å². The van der Waals surface area contributed by atoms with Crippen LogP contribution in [-0.4, -0.2) is 18.1 Å². The Labute approximate surface area is 330 Å². The first-order chi connectivity index (χ1) is 26.7. The van der Waals surface area contributed by atoms with Gasteiger partial charge in [0.1, 0.15) is 6.17 Å². The van der Waals surface area contributed by atoms with Crippen molar-refractivity contribution in [2.75, 3.05) is 0 Å². The summed E-state index contributed by atoms with van der Waals surface area (Å²) < 4.78 is 0. The van der Waals surface area contributed by atoms with Crippen molar-refractivity contribution >= 4 is 52.9 Å². The van der Waals surface area contributed by atoms with Crippen LogP contribution in [0.2, 0.25) is 0 Å². The van der Waals surface area contributed by atoms with Gasteiger partial charge >= 0.3 is 0 Å². The van der Waals surface area contributed by atoms with Crippen LogP contribution in [0.4, 0.5) is 0 Å². The van der Waals surface area contributed by atoms with Gasteiger partial charge < -0.3 is 0 Å². The molecule has 0 saturated heterocycles. The van der Waals surface area contributed by atoms with Gasteiger partial charge in [-0.3, -0.25) is 9.98 Å². The lowest BCUT2D eigenvalue weighted by atomic mass is 9.84. The average Bonchev–Trinajstić information content (AvgIpc) is 3.21. The molecule has 55 heavy (non-hydrogen) atoms. The molecule has 0 bridgehead atoms. The first-order valence-corrected chi connectivity index (χ1v) is 19.6. The summed E-state index contributed by atoms with van der Waals surface area (Å²) in [6, 6.07) is 32.2. The number of aliphatic imine (C=N–C) groups is 2. The Hall–Kier alpha value is -5.86. The molecule has 4 aromatic carbocycles. The minimum Gasteiger partial charge on any atom is -0.266 e. The second-order valence-corrected chi connectivity index (χ2v) is 14.2. The molecule has 0 fully saturated rings. The Morgan fingerprint density at radius 1 is 0.836 bits per heavy atom. The molecule has 2 aliphatic rings. The largest absolute Gasteiger partial charge is 0.266 e. The Bertz CT molecular complexity index is 2380. The third-order valence-corrected chi connectivity index (χ3v) is 10.2. The molecule has 0 saturated carbocycles. The number of aryl methyl sites for hydroxylation is 2. The maximum atomic E-state index is 5.02. The van der Waals surface area contributed by atoms with Crippen LogP contribution in [0.15, 0.2) is 156 Å². The number of hydrogen-bond acceptors (Lipinski definition) is 2. The molecular weight excluding hydrogens is 665 g/mol. The van der Waals surface area contributed by atoms with E-state index in [0.717, 1.165) is 40.1 Å². The molecule has 1 heterocycles. The summed E-state index contributed by atoms with van der Waals surface area (Å²) in [7, 11) is 0. The molecular formula is C53H56N2. The molecule has 1 aliphatic carbocycles. The molecule has 0 radical (unpaired) electrons. The molecule has 0 amide bonds. The lowest BCUT2D eigenvalue weighted by molar-refractivity contribution is 0.561. The summed E-state index contributed by atoms with van der Waals surface area (Å²) in [5.41, 5.74) is 15.5. The van der Waals surface area contributed by atoms with Crippen LogP contribution in [-0.2, 0) is 0 Å². The van der Waals surface area contributed by atoms with Gasteiger partial charge in [-0.25, -0.2) is 0 Å². The van der Waals surface area contributed by atoms with Crippen molar-refractivity contribution < 1.29 is 0 Å². The molecule has 4 aromatic rings. The normalized spacial score (nSPS) is 17.8. The molecule has 0 aromatic heterocycles. The molecule has 0 N–H and O–H groups in total. The molecule has 278 valence electrons. The minimum absolute atomic E-state index is 0.0903. The second-order valence-electron chi connectivity index (χ2n) is 14.2. The van der Waals surface area contributed by atoms with E-state index in [1.54, 1.807) is 0 Å². The molecule has 2 nitrogen and oxygen atoms in total. The summed E-state index contributed by atoms with van der Waals surface area (Å²) in [6.45, 7) is 23.5. The molecule has 2 unspecified atom stereocenters. The van der Waals surface area contributed by atoms with Gasteiger partial charge in [0.2, 0.25) is 0 Å². The zero-order valence-electron chi connectivity index (χ0n) is 33.8. The second kappa shape index (κ2) is 19.5.